The summed E-state index contributed by atoms with van der Waals surface area (Å²) >= 11 is 0. The van der Waals surface area contributed by atoms with E-state index in [0.29, 0.717) is 0 Å². The molecule has 0 aliphatic rings. The summed E-state index contributed by atoms with van der Waals surface area (Å²) in [5, 5.41) is 7.09. The summed E-state index contributed by atoms with van der Waals surface area (Å²) in [6.45, 7) is 4.45. The minimum Gasteiger partial charge on any atom is -0.404 e. The van der Waals surface area contributed by atoms with Gasteiger partial charge in [0.1, 0.15) is 0 Å². The number of fused-ring (bicyclic) bond motifs is 3. The van der Waals surface area contributed by atoms with Gasteiger partial charge in [0.05, 0.1) is 0 Å². The zero-order valence-corrected chi connectivity index (χ0v) is 27.2. The van der Waals surface area contributed by atoms with Crippen molar-refractivity contribution in [2.45, 2.75) is 0 Å². The van der Waals surface area contributed by atoms with Crippen LogP contribution in [0.1, 0.15) is 11.1 Å². The summed E-state index contributed by atoms with van der Waals surface area (Å²) in [5.74, 6) is 0. The van der Waals surface area contributed by atoms with Gasteiger partial charge in [-0.1, -0.05) is 189 Å². The SMILES string of the molecule is C=C(/C=C\C(=C/N)c1c2ccccc2c(-c2ccc(-c3ccc(-c4ccccc4)cc3)cc2)c2ccccc12)c1cccc2ccccc12. The van der Waals surface area contributed by atoms with Crippen LogP contribution in [0.2, 0.25) is 0 Å². The maximum Gasteiger partial charge on any atom is 0.00180 e. The smallest absolute Gasteiger partial charge is 0.00180 e. The minimum atomic E-state index is 0.941. The van der Waals surface area contributed by atoms with E-state index in [4.69, 9.17) is 5.73 Å². The van der Waals surface area contributed by atoms with E-state index in [1.807, 2.05) is 0 Å². The zero-order chi connectivity index (χ0) is 33.2. The molecule has 0 saturated carbocycles. The molecule has 8 aromatic rings. The summed E-state index contributed by atoms with van der Waals surface area (Å²) in [6.07, 6.45) is 5.91. The van der Waals surface area contributed by atoms with E-state index in [1.54, 1.807) is 6.20 Å². The van der Waals surface area contributed by atoms with Crippen molar-refractivity contribution in [3.8, 4) is 33.4 Å². The van der Waals surface area contributed by atoms with E-state index in [9.17, 15) is 0 Å². The first-order chi connectivity index (χ1) is 24.2. The van der Waals surface area contributed by atoms with Crippen LogP contribution in [0.4, 0.5) is 0 Å². The number of nitrogens with two attached hydrogens (primary N) is 1. The van der Waals surface area contributed by atoms with E-state index >= 15 is 0 Å². The Morgan fingerprint density at radius 3 is 1.43 bits per heavy atom. The highest BCUT2D eigenvalue weighted by Crippen LogP contribution is 2.42. The topological polar surface area (TPSA) is 26.0 Å². The normalized spacial score (nSPS) is 11.9. The number of hydrogen-bond donors (Lipinski definition) is 1. The summed E-state index contributed by atoms with van der Waals surface area (Å²) in [5.41, 5.74) is 17.8. The summed E-state index contributed by atoms with van der Waals surface area (Å²) in [6, 6.07) is 60.4. The van der Waals surface area contributed by atoms with Crippen LogP contribution < -0.4 is 5.73 Å². The average Bonchev–Trinajstić information content (AvgIpc) is 3.18. The van der Waals surface area contributed by atoms with Crippen molar-refractivity contribution in [3.05, 3.63) is 206 Å². The van der Waals surface area contributed by atoms with Crippen molar-refractivity contribution in [3.63, 3.8) is 0 Å². The van der Waals surface area contributed by atoms with Gasteiger partial charge in [-0.05, 0) is 88.0 Å². The Morgan fingerprint density at radius 2 is 0.857 bits per heavy atom. The van der Waals surface area contributed by atoms with Crippen molar-refractivity contribution in [2.24, 2.45) is 5.73 Å². The van der Waals surface area contributed by atoms with E-state index in [2.05, 4.69) is 189 Å². The molecule has 0 spiro atoms. The third-order valence-corrected chi connectivity index (χ3v) is 9.50. The molecule has 0 amide bonds. The zero-order valence-electron chi connectivity index (χ0n) is 27.2. The lowest BCUT2D eigenvalue weighted by molar-refractivity contribution is 1.58. The molecule has 0 radical (unpaired) electrons. The molecule has 0 fully saturated rings. The standard InChI is InChI=1S/C48H35N/c1-33(41-21-11-15-38-14-5-6-16-42(38)41)22-23-40(32-49)48-45-19-9-7-17-43(45)47(44-18-8-10-20-46(44)48)39-30-28-37(29-31-39)36-26-24-35(25-27-36)34-12-3-2-4-13-34/h2-32H,1,49H2/b23-22-,40-32+. The molecule has 2 N–H and O–H groups in total. The Labute approximate surface area is 287 Å². The lowest BCUT2D eigenvalue weighted by atomic mass is 9.85. The van der Waals surface area contributed by atoms with Gasteiger partial charge in [0.15, 0.2) is 0 Å². The fraction of sp³-hybridized carbons (Fsp3) is 0. The summed E-state index contributed by atoms with van der Waals surface area (Å²) < 4.78 is 0. The Kier molecular flexibility index (Phi) is 7.93. The third-order valence-electron chi connectivity index (χ3n) is 9.50. The van der Waals surface area contributed by atoms with Crippen LogP contribution in [0.15, 0.2) is 195 Å². The van der Waals surface area contributed by atoms with Crippen LogP contribution in [0.25, 0.3) is 76.8 Å². The predicted molar refractivity (Wildman–Crippen MR) is 212 cm³/mol. The van der Waals surface area contributed by atoms with Gasteiger partial charge >= 0.3 is 0 Å². The van der Waals surface area contributed by atoms with Gasteiger partial charge in [-0.2, -0.15) is 0 Å². The number of allylic oxidation sites excluding steroid dienone is 4. The fourth-order valence-corrected chi connectivity index (χ4v) is 7.07. The minimum absolute atomic E-state index is 0.941. The Bertz CT molecular complexity index is 2470. The molecular formula is C48H35N. The molecule has 232 valence electrons. The molecule has 0 unspecified atom stereocenters. The second kappa shape index (κ2) is 13.0. The highest BCUT2D eigenvalue weighted by molar-refractivity contribution is 6.19. The molecule has 1 heteroatoms. The fourth-order valence-electron chi connectivity index (χ4n) is 7.07. The second-order valence-corrected chi connectivity index (χ2v) is 12.4. The van der Waals surface area contributed by atoms with E-state index < -0.39 is 0 Å². The van der Waals surface area contributed by atoms with E-state index in [-0.39, 0.29) is 0 Å². The second-order valence-electron chi connectivity index (χ2n) is 12.4. The van der Waals surface area contributed by atoms with Crippen LogP contribution in [-0.2, 0) is 0 Å². The first-order valence-corrected chi connectivity index (χ1v) is 16.7. The van der Waals surface area contributed by atoms with Crippen molar-refractivity contribution in [1.82, 2.24) is 0 Å². The Morgan fingerprint density at radius 1 is 0.408 bits per heavy atom. The van der Waals surface area contributed by atoms with Crippen LogP contribution >= 0.6 is 0 Å². The molecule has 0 saturated heterocycles. The molecule has 8 aromatic carbocycles. The molecule has 8 rings (SSSR count). The lowest BCUT2D eigenvalue weighted by Gasteiger charge is -2.18. The lowest BCUT2D eigenvalue weighted by Crippen LogP contribution is -1.95. The van der Waals surface area contributed by atoms with Gasteiger partial charge in [-0.25, -0.2) is 0 Å². The number of hydrogen-bond acceptors (Lipinski definition) is 1. The van der Waals surface area contributed by atoms with Crippen molar-refractivity contribution in [1.29, 1.82) is 0 Å². The van der Waals surface area contributed by atoms with Crippen LogP contribution in [-0.4, -0.2) is 0 Å². The molecule has 49 heavy (non-hydrogen) atoms. The molecule has 0 aliphatic carbocycles. The summed E-state index contributed by atoms with van der Waals surface area (Å²) in [7, 11) is 0. The van der Waals surface area contributed by atoms with Crippen LogP contribution in [0, 0.1) is 0 Å². The summed E-state index contributed by atoms with van der Waals surface area (Å²) in [4.78, 5) is 0. The predicted octanol–water partition coefficient (Wildman–Crippen LogP) is 12.7. The van der Waals surface area contributed by atoms with E-state index in [1.165, 1.54) is 54.9 Å². The quantitative estimate of drug-likeness (QED) is 0.138. The highest BCUT2D eigenvalue weighted by atomic mass is 14.5. The molecule has 0 aromatic heterocycles. The third kappa shape index (κ3) is 5.62. The van der Waals surface area contributed by atoms with Gasteiger partial charge in [0, 0.05) is 6.20 Å². The van der Waals surface area contributed by atoms with Crippen molar-refractivity contribution < 1.29 is 0 Å². The number of benzene rings is 8. The van der Waals surface area contributed by atoms with Gasteiger partial charge in [-0.15, -0.1) is 0 Å². The van der Waals surface area contributed by atoms with Gasteiger partial charge in [-0.3, -0.25) is 0 Å². The van der Waals surface area contributed by atoms with E-state index in [0.717, 1.165) is 33.0 Å². The monoisotopic (exact) mass is 625 g/mol. The molecule has 0 bridgehead atoms. The highest BCUT2D eigenvalue weighted by Gasteiger charge is 2.17. The largest absolute Gasteiger partial charge is 0.404 e. The maximum absolute atomic E-state index is 6.42. The van der Waals surface area contributed by atoms with Gasteiger partial charge < -0.3 is 5.73 Å². The average molecular weight is 626 g/mol. The van der Waals surface area contributed by atoms with Crippen LogP contribution in [0.5, 0.6) is 0 Å². The molecule has 1 nitrogen and oxygen atoms in total. The van der Waals surface area contributed by atoms with Crippen molar-refractivity contribution in [2.75, 3.05) is 0 Å². The van der Waals surface area contributed by atoms with Gasteiger partial charge in [0.25, 0.3) is 0 Å². The Balaban J connectivity index is 1.19. The molecule has 0 heterocycles. The Hall–Kier alpha value is -6.44. The molecular weight excluding hydrogens is 591 g/mol. The number of rotatable bonds is 7. The van der Waals surface area contributed by atoms with Gasteiger partial charge in [0.2, 0.25) is 0 Å². The maximum atomic E-state index is 6.42. The first kappa shape index (κ1) is 29.9. The van der Waals surface area contributed by atoms with Crippen molar-refractivity contribution >= 4 is 43.5 Å². The molecule has 0 aliphatic heterocycles. The van der Waals surface area contributed by atoms with Crippen LogP contribution in [0.3, 0.4) is 0 Å². The first-order valence-electron chi connectivity index (χ1n) is 16.7. The molecule has 0 atom stereocenters.